The van der Waals surface area contributed by atoms with Crippen LogP contribution >= 0.6 is 0 Å². The molecular formula is C14H24N8O3. The molecule has 11 nitrogen and oxygen atoms in total. The molecule has 0 spiro atoms. The largest absolute Gasteiger partial charge is 0.387 e. The van der Waals surface area contributed by atoms with Crippen LogP contribution in [0.5, 0.6) is 0 Å². The average Bonchev–Trinajstić information content (AvgIpc) is 3.13. The second-order valence-corrected chi connectivity index (χ2v) is 6.20. The number of aliphatic hydroxyl groups is 2. The fourth-order valence-electron chi connectivity index (χ4n) is 3.02. The Bertz CT molecular complexity index is 710. The molecule has 0 saturated carbocycles. The highest BCUT2D eigenvalue weighted by Gasteiger charge is 2.44. The first-order chi connectivity index (χ1) is 12.0. The lowest BCUT2D eigenvalue weighted by Crippen LogP contribution is -2.39. The molecule has 25 heavy (non-hydrogen) atoms. The molecule has 0 aliphatic carbocycles. The van der Waals surface area contributed by atoms with Crippen molar-refractivity contribution in [2.45, 2.75) is 31.0 Å². The van der Waals surface area contributed by atoms with Crippen molar-refractivity contribution in [3.05, 3.63) is 12.7 Å². The quantitative estimate of drug-likeness (QED) is 0.210. The number of nitrogens with one attached hydrogen (secondary N) is 1. The third-order valence-electron chi connectivity index (χ3n) is 4.35. The number of aliphatic hydroxyl groups excluding tert-OH is 2. The number of ether oxygens (including phenoxy) is 1. The van der Waals surface area contributed by atoms with Crippen molar-refractivity contribution < 1.29 is 14.9 Å². The molecule has 1 saturated heterocycles. The summed E-state index contributed by atoms with van der Waals surface area (Å²) in [6.45, 7) is 1.96. The van der Waals surface area contributed by atoms with Gasteiger partial charge in [-0.15, -0.1) is 0 Å². The Morgan fingerprint density at radius 2 is 2.12 bits per heavy atom. The first kappa shape index (κ1) is 17.9. The fraction of sp³-hybridized carbons (Fsp3) is 0.643. The van der Waals surface area contributed by atoms with E-state index in [4.69, 9.17) is 16.3 Å². The van der Waals surface area contributed by atoms with Crippen molar-refractivity contribution in [1.29, 1.82) is 0 Å². The van der Waals surface area contributed by atoms with E-state index < -0.39 is 24.5 Å². The van der Waals surface area contributed by atoms with E-state index in [0.29, 0.717) is 24.3 Å². The van der Waals surface area contributed by atoms with E-state index in [0.717, 1.165) is 13.0 Å². The van der Waals surface area contributed by atoms with Gasteiger partial charge in [0.05, 0.1) is 6.33 Å². The van der Waals surface area contributed by atoms with Crippen LogP contribution in [0.1, 0.15) is 12.6 Å². The van der Waals surface area contributed by atoms with Gasteiger partial charge in [-0.3, -0.25) is 15.8 Å². The maximum atomic E-state index is 10.4. The SMILES string of the molecule is CN(CCCNN)C[C@H]1O[C@@H](n2cnc3c(N)ncnc32)C(O)C1O. The molecule has 1 aliphatic heterocycles. The average molecular weight is 352 g/mol. The Morgan fingerprint density at radius 3 is 2.88 bits per heavy atom. The van der Waals surface area contributed by atoms with Crippen LogP contribution in [0.3, 0.4) is 0 Å². The normalized spacial score (nSPS) is 26.8. The standard InChI is InChI=1S/C14H24N8O3/c1-21(4-2-3-20-16)5-8-10(23)11(24)14(25-8)22-7-19-9-12(15)17-6-18-13(9)22/h6-8,10-11,14,20,23-24H,2-5,16H2,1H3,(H2,15,17,18)/t8-,10?,11?,14-/m1/s1. The van der Waals surface area contributed by atoms with Crippen molar-refractivity contribution in [2.75, 3.05) is 32.4 Å². The van der Waals surface area contributed by atoms with Crippen LogP contribution in [0, 0.1) is 0 Å². The highest BCUT2D eigenvalue weighted by Crippen LogP contribution is 2.32. The molecular weight excluding hydrogens is 328 g/mol. The van der Waals surface area contributed by atoms with E-state index in [1.165, 1.54) is 12.7 Å². The predicted octanol–water partition coefficient (Wildman–Crippen LogP) is -2.19. The van der Waals surface area contributed by atoms with Gasteiger partial charge in [-0.2, -0.15) is 0 Å². The number of hydrogen-bond acceptors (Lipinski definition) is 10. The van der Waals surface area contributed by atoms with Crippen molar-refractivity contribution in [3.8, 4) is 0 Å². The Hall–Kier alpha value is -1.89. The van der Waals surface area contributed by atoms with Crippen molar-refractivity contribution >= 4 is 17.0 Å². The Balaban J connectivity index is 1.72. The first-order valence-electron chi connectivity index (χ1n) is 8.09. The van der Waals surface area contributed by atoms with Gasteiger partial charge < -0.3 is 25.6 Å². The number of nitrogens with two attached hydrogens (primary N) is 2. The van der Waals surface area contributed by atoms with Crippen LogP contribution < -0.4 is 17.0 Å². The molecule has 0 amide bonds. The molecule has 3 heterocycles. The number of hydrazine groups is 1. The van der Waals surface area contributed by atoms with Crippen LogP contribution in [0.2, 0.25) is 0 Å². The number of hydrogen-bond donors (Lipinski definition) is 5. The molecule has 2 aromatic rings. The molecule has 2 aromatic heterocycles. The highest BCUT2D eigenvalue weighted by molar-refractivity contribution is 5.81. The van der Waals surface area contributed by atoms with Crippen LogP contribution in [0.25, 0.3) is 11.2 Å². The maximum Gasteiger partial charge on any atom is 0.167 e. The zero-order valence-electron chi connectivity index (χ0n) is 14.0. The molecule has 138 valence electrons. The molecule has 1 aliphatic rings. The Morgan fingerprint density at radius 1 is 1.32 bits per heavy atom. The number of aromatic nitrogens is 4. The summed E-state index contributed by atoms with van der Waals surface area (Å²) in [5.74, 6) is 5.50. The van der Waals surface area contributed by atoms with Gasteiger partial charge in [0.25, 0.3) is 0 Å². The monoisotopic (exact) mass is 352 g/mol. The minimum absolute atomic E-state index is 0.251. The smallest absolute Gasteiger partial charge is 0.167 e. The highest BCUT2D eigenvalue weighted by atomic mass is 16.6. The number of likely N-dealkylation sites (N-methyl/N-ethyl adjacent to an activating group) is 1. The van der Waals surface area contributed by atoms with Gasteiger partial charge in [-0.05, 0) is 20.0 Å². The van der Waals surface area contributed by atoms with E-state index in [-0.39, 0.29) is 5.82 Å². The summed E-state index contributed by atoms with van der Waals surface area (Å²) in [7, 11) is 1.92. The molecule has 2 unspecified atom stereocenters. The molecule has 4 atom stereocenters. The summed E-state index contributed by atoms with van der Waals surface area (Å²) in [5, 5.41) is 20.8. The summed E-state index contributed by atoms with van der Waals surface area (Å²) < 4.78 is 7.46. The lowest BCUT2D eigenvalue weighted by atomic mass is 10.1. The fourth-order valence-corrected chi connectivity index (χ4v) is 3.02. The van der Waals surface area contributed by atoms with Crippen molar-refractivity contribution in [1.82, 2.24) is 29.8 Å². The number of rotatable bonds is 7. The van der Waals surface area contributed by atoms with Crippen LogP contribution in [0.4, 0.5) is 5.82 Å². The third kappa shape index (κ3) is 3.56. The van der Waals surface area contributed by atoms with Gasteiger partial charge in [0, 0.05) is 13.1 Å². The molecule has 11 heteroatoms. The number of fused-ring (bicyclic) bond motifs is 1. The first-order valence-corrected chi connectivity index (χ1v) is 8.09. The van der Waals surface area contributed by atoms with Crippen LogP contribution in [0.15, 0.2) is 12.7 Å². The van der Waals surface area contributed by atoms with E-state index >= 15 is 0 Å². The van der Waals surface area contributed by atoms with E-state index in [2.05, 4.69) is 20.4 Å². The number of anilines is 1. The lowest BCUT2D eigenvalue weighted by Gasteiger charge is -2.22. The van der Waals surface area contributed by atoms with Crippen LogP contribution in [-0.2, 0) is 4.74 Å². The third-order valence-corrected chi connectivity index (χ3v) is 4.35. The molecule has 1 fully saturated rings. The minimum atomic E-state index is -1.10. The molecule has 0 aromatic carbocycles. The zero-order valence-corrected chi connectivity index (χ0v) is 14.0. The van der Waals surface area contributed by atoms with E-state index in [9.17, 15) is 10.2 Å². The van der Waals surface area contributed by atoms with Gasteiger partial charge in [0.15, 0.2) is 17.7 Å². The van der Waals surface area contributed by atoms with Crippen molar-refractivity contribution in [2.24, 2.45) is 5.84 Å². The maximum absolute atomic E-state index is 10.4. The van der Waals surface area contributed by atoms with Gasteiger partial charge in [0.2, 0.25) is 0 Å². The lowest BCUT2D eigenvalue weighted by molar-refractivity contribution is -0.0422. The topological polar surface area (TPSA) is 161 Å². The second kappa shape index (κ2) is 7.56. The zero-order chi connectivity index (χ0) is 18.0. The summed E-state index contributed by atoms with van der Waals surface area (Å²) in [6.07, 6.45) is 0.226. The molecule has 0 bridgehead atoms. The van der Waals surface area contributed by atoms with Gasteiger partial charge in [0.1, 0.15) is 30.2 Å². The predicted molar refractivity (Wildman–Crippen MR) is 90.0 cm³/mol. The van der Waals surface area contributed by atoms with Gasteiger partial charge >= 0.3 is 0 Å². The Labute approximate surface area is 144 Å². The number of nitrogen functional groups attached to an aromatic ring is 1. The van der Waals surface area contributed by atoms with Crippen LogP contribution in [-0.4, -0.2) is 79.6 Å². The molecule has 0 radical (unpaired) electrons. The summed E-state index contributed by atoms with van der Waals surface area (Å²) >= 11 is 0. The Kier molecular flexibility index (Phi) is 5.42. The summed E-state index contributed by atoms with van der Waals surface area (Å²) in [6, 6.07) is 0. The van der Waals surface area contributed by atoms with Crippen molar-refractivity contribution in [3.63, 3.8) is 0 Å². The van der Waals surface area contributed by atoms with Gasteiger partial charge in [-0.1, -0.05) is 0 Å². The second-order valence-electron chi connectivity index (χ2n) is 6.20. The van der Waals surface area contributed by atoms with Gasteiger partial charge in [-0.25, -0.2) is 15.0 Å². The number of nitrogens with zero attached hydrogens (tertiary/aromatic N) is 5. The summed E-state index contributed by atoms with van der Waals surface area (Å²) in [4.78, 5) is 14.2. The minimum Gasteiger partial charge on any atom is -0.387 e. The van der Waals surface area contributed by atoms with E-state index in [1.807, 2.05) is 11.9 Å². The molecule has 3 rings (SSSR count). The molecule has 7 N–H and O–H groups in total. The van der Waals surface area contributed by atoms with E-state index in [1.54, 1.807) is 4.57 Å². The number of imidazole rings is 1. The summed E-state index contributed by atoms with van der Waals surface area (Å²) in [5.41, 5.74) is 9.26.